The number of hydrogen-bond donors (Lipinski definition) is 1. The molecule has 1 aromatic heterocycles. The number of likely N-dealkylation sites (tertiary alicyclic amines) is 1. The molecule has 1 N–H and O–H groups in total. The van der Waals surface area contributed by atoms with Crippen LogP contribution in [0.15, 0.2) is 30.3 Å². The number of nitrogens with zero attached hydrogens (tertiary/aromatic N) is 3. The lowest BCUT2D eigenvalue weighted by atomic mass is 9.92. The molecule has 7 nitrogen and oxygen atoms in total. The van der Waals surface area contributed by atoms with Gasteiger partial charge in [0, 0.05) is 17.8 Å². The fourth-order valence-electron chi connectivity index (χ4n) is 3.99. The number of carbonyl (C=O) groups excluding carboxylic acids is 2. The van der Waals surface area contributed by atoms with Crippen LogP contribution in [-0.2, 0) is 11.3 Å². The number of aromatic nitrogens is 2. The van der Waals surface area contributed by atoms with Crippen LogP contribution in [0.1, 0.15) is 40.2 Å². The average molecular weight is 368 g/mol. The smallest absolute Gasteiger partial charge is 0.407 e. The van der Waals surface area contributed by atoms with Crippen molar-refractivity contribution in [2.75, 3.05) is 19.6 Å². The van der Waals surface area contributed by atoms with Gasteiger partial charge in [-0.15, -0.1) is 0 Å². The first kappa shape index (κ1) is 17.6. The Hall–Kier alpha value is -2.83. The van der Waals surface area contributed by atoms with Crippen LogP contribution >= 0.6 is 0 Å². The molecule has 0 aliphatic carbocycles. The summed E-state index contributed by atoms with van der Waals surface area (Å²) in [7, 11) is 0. The van der Waals surface area contributed by atoms with Gasteiger partial charge in [-0.25, -0.2) is 4.79 Å². The molecular weight excluding hydrogens is 344 g/mol. The summed E-state index contributed by atoms with van der Waals surface area (Å²) in [5.41, 5.74) is 3.19. The van der Waals surface area contributed by atoms with Crippen molar-refractivity contribution in [1.82, 2.24) is 20.0 Å². The fraction of sp³-hybridized carbons (Fsp3) is 0.450. The summed E-state index contributed by atoms with van der Waals surface area (Å²) < 4.78 is 7.41. The van der Waals surface area contributed by atoms with Gasteiger partial charge in [0.2, 0.25) is 0 Å². The Morgan fingerprint density at radius 1 is 1.33 bits per heavy atom. The maximum Gasteiger partial charge on any atom is 0.407 e. The summed E-state index contributed by atoms with van der Waals surface area (Å²) in [5.74, 6) is -0.0211. The number of rotatable bonds is 3. The topological polar surface area (TPSA) is 76.5 Å². The van der Waals surface area contributed by atoms with Crippen molar-refractivity contribution < 1.29 is 14.3 Å². The van der Waals surface area contributed by atoms with Crippen LogP contribution in [0.4, 0.5) is 4.79 Å². The highest BCUT2D eigenvalue weighted by molar-refractivity contribution is 5.94. The Bertz CT molecular complexity index is 891. The highest BCUT2D eigenvalue weighted by atomic mass is 16.6. The first-order valence-electron chi connectivity index (χ1n) is 9.30. The first-order chi connectivity index (χ1) is 12.9. The third kappa shape index (κ3) is 3.54. The van der Waals surface area contributed by atoms with E-state index in [1.807, 2.05) is 48.9 Å². The predicted molar refractivity (Wildman–Crippen MR) is 99.6 cm³/mol. The minimum Gasteiger partial charge on any atom is -0.439 e. The third-order valence-corrected chi connectivity index (χ3v) is 5.30. The summed E-state index contributed by atoms with van der Waals surface area (Å²) in [6.45, 7) is 6.21. The van der Waals surface area contributed by atoms with Gasteiger partial charge in [-0.1, -0.05) is 12.1 Å². The molecule has 1 aromatic carbocycles. The van der Waals surface area contributed by atoms with E-state index in [2.05, 4.69) is 10.4 Å². The molecule has 2 fully saturated rings. The third-order valence-electron chi connectivity index (χ3n) is 5.30. The lowest BCUT2D eigenvalue weighted by molar-refractivity contribution is -0.00504. The van der Waals surface area contributed by atoms with Crippen molar-refractivity contribution >= 4 is 12.0 Å². The van der Waals surface area contributed by atoms with Crippen LogP contribution in [0, 0.1) is 13.8 Å². The number of nitrogens with one attached hydrogen (secondary N) is 1. The Morgan fingerprint density at radius 3 is 2.89 bits per heavy atom. The van der Waals surface area contributed by atoms with Crippen molar-refractivity contribution in [2.24, 2.45) is 0 Å². The van der Waals surface area contributed by atoms with E-state index in [1.165, 1.54) is 0 Å². The van der Waals surface area contributed by atoms with E-state index in [-0.39, 0.29) is 5.91 Å². The Morgan fingerprint density at radius 2 is 2.19 bits per heavy atom. The molecule has 2 aromatic rings. The number of piperidine rings is 1. The predicted octanol–water partition coefficient (Wildman–Crippen LogP) is 2.26. The Labute approximate surface area is 158 Å². The Balaban J connectivity index is 1.50. The summed E-state index contributed by atoms with van der Waals surface area (Å²) in [4.78, 5) is 26.3. The van der Waals surface area contributed by atoms with Gasteiger partial charge in [-0.2, -0.15) is 5.10 Å². The van der Waals surface area contributed by atoms with Gasteiger partial charge >= 0.3 is 6.09 Å². The van der Waals surface area contributed by atoms with E-state index in [9.17, 15) is 9.59 Å². The van der Waals surface area contributed by atoms with Crippen molar-refractivity contribution in [3.8, 4) is 0 Å². The molecule has 7 heteroatoms. The highest BCUT2D eigenvalue weighted by Gasteiger charge is 2.44. The van der Waals surface area contributed by atoms with E-state index in [4.69, 9.17) is 4.74 Å². The molecule has 27 heavy (non-hydrogen) atoms. The monoisotopic (exact) mass is 368 g/mol. The molecule has 0 unspecified atom stereocenters. The standard InChI is InChI=1S/C20H24N4O3/c1-14-9-15(2)24(22-14)11-16-5-3-6-17(10-16)18(25)23-8-4-7-20(13-23)12-21-19(26)27-20/h3,5-6,9-10H,4,7-8,11-13H2,1-2H3,(H,21,26)/t20-/m1/s1. The van der Waals surface area contributed by atoms with Gasteiger partial charge in [0.15, 0.2) is 0 Å². The number of carbonyl (C=O) groups is 2. The SMILES string of the molecule is Cc1cc(C)n(Cc2cccc(C(=O)N3CCC[C@@]4(CNC(=O)O4)C3)c2)n1. The molecule has 142 valence electrons. The van der Waals surface area contributed by atoms with Crippen LogP contribution < -0.4 is 5.32 Å². The summed E-state index contributed by atoms with van der Waals surface area (Å²) in [6.07, 6.45) is 1.22. The van der Waals surface area contributed by atoms with E-state index in [0.717, 1.165) is 29.8 Å². The van der Waals surface area contributed by atoms with Crippen LogP contribution in [0.3, 0.4) is 0 Å². The van der Waals surface area contributed by atoms with Gasteiger partial charge in [0.25, 0.3) is 5.91 Å². The second kappa shape index (κ2) is 6.72. The second-order valence-corrected chi connectivity index (χ2v) is 7.54. The summed E-state index contributed by atoms with van der Waals surface area (Å²) in [6, 6.07) is 9.73. The van der Waals surface area contributed by atoms with Gasteiger partial charge in [-0.3, -0.25) is 9.48 Å². The number of hydrogen-bond acceptors (Lipinski definition) is 4. The van der Waals surface area contributed by atoms with Crippen molar-refractivity contribution in [3.05, 3.63) is 52.8 Å². The zero-order valence-electron chi connectivity index (χ0n) is 15.7. The zero-order valence-corrected chi connectivity index (χ0v) is 15.7. The van der Waals surface area contributed by atoms with Gasteiger partial charge in [0.1, 0.15) is 5.60 Å². The molecule has 3 heterocycles. The molecule has 0 radical (unpaired) electrons. The van der Waals surface area contributed by atoms with E-state index in [1.54, 1.807) is 4.90 Å². The summed E-state index contributed by atoms with van der Waals surface area (Å²) >= 11 is 0. The first-order valence-corrected chi connectivity index (χ1v) is 9.30. The lowest BCUT2D eigenvalue weighted by Gasteiger charge is -2.38. The fourth-order valence-corrected chi connectivity index (χ4v) is 3.99. The van der Waals surface area contributed by atoms with Gasteiger partial charge in [-0.05, 0) is 50.5 Å². The molecule has 2 saturated heterocycles. The molecule has 0 saturated carbocycles. The van der Waals surface area contributed by atoms with Gasteiger partial charge < -0.3 is 15.0 Å². The minimum absolute atomic E-state index is 0.0211. The van der Waals surface area contributed by atoms with Crippen LogP contribution in [0.5, 0.6) is 0 Å². The summed E-state index contributed by atoms with van der Waals surface area (Å²) in [5, 5.41) is 7.21. The largest absolute Gasteiger partial charge is 0.439 e. The van der Waals surface area contributed by atoms with Crippen molar-refractivity contribution in [3.63, 3.8) is 0 Å². The number of ether oxygens (including phenoxy) is 1. The maximum absolute atomic E-state index is 13.0. The average Bonchev–Trinajstić information content (AvgIpc) is 3.16. The second-order valence-electron chi connectivity index (χ2n) is 7.54. The molecule has 2 aliphatic rings. The Kier molecular flexibility index (Phi) is 4.37. The normalized spacial score (nSPS) is 22.0. The minimum atomic E-state index is -0.577. The van der Waals surface area contributed by atoms with Crippen LogP contribution in [0.25, 0.3) is 0 Å². The van der Waals surface area contributed by atoms with Gasteiger partial charge in [0.05, 0.1) is 25.3 Å². The van der Waals surface area contributed by atoms with Crippen molar-refractivity contribution in [2.45, 2.75) is 38.8 Å². The van der Waals surface area contributed by atoms with Crippen LogP contribution in [0.2, 0.25) is 0 Å². The number of alkyl carbamates (subject to hydrolysis) is 1. The number of amides is 2. The van der Waals surface area contributed by atoms with E-state index >= 15 is 0 Å². The van der Waals surface area contributed by atoms with E-state index < -0.39 is 11.7 Å². The molecule has 1 atom stereocenters. The van der Waals surface area contributed by atoms with Crippen LogP contribution in [-0.4, -0.2) is 51.9 Å². The quantitative estimate of drug-likeness (QED) is 0.902. The molecule has 0 bridgehead atoms. The maximum atomic E-state index is 13.0. The van der Waals surface area contributed by atoms with E-state index in [0.29, 0.717) is 31.7 Å². The lowest BCUT2D eigenvalue weighted by Crippen LogP contribution is -2.52. The highest BCUT2D eigenvalue weighted by Crippen LogP contribution is 2.29. The molecule has 1 spiro atoms. The molecular formula is C20H24N4O3. The number of benzene rings is 1. The zero-order chi connectivity index (χ0) is 19.0. The van der Waals surface area contributed by atoms with Crippen molar-refractivity contribution in [1.29, 1.82) is 0 Å². The molecule has 2 amide bonds. The molecule has 4 rings (SSSR count). The molecule has 2 aliphatic heterocycles. The number of aryl methyl sites for hydroxylation is 2.